The summed E-state index contributed by atoms with van der Waals surface area (Å²) in [5.41, 5.74) is 4.01. The lowest BCUT2D eigenvalue weighted by Gasteiger charge is -2.10. The zero-order valence-corrected chi connectivity index (χ0v) is 13.2. The molecule has 0 unspecified atom stereocenters. The molecule has 0 fully saturated rings. The summed E-state index contributed by atoms with van der Waals surface area (Å²) in [6.45, 7) is 2.04. The number of rotatable bonds is 2. The molecule has 116 valence electrons. The molecule has 24 heavy (non-hydrogen) atoms. The van der Waals surface area contributed by atoms with E-state index in [1.165, 1.54) is 10.2 Å². The molecule has 0 aliphatic carbocycles. The third-order valence-electron chi connectivity index (χ3n) is 3.98. The summed E-state index contributed by atoms with van der Waals surface area (Å²) >= 11 is 0. The van der Waals surface area contributed by atoms with Crippen LogP contribution in [0.25, 0.3) is 27.8 Å². The van der Waals surface area contributed by atoms with E-state index in [0.717, 1.165) is 11.3 Å². The molecule has 0 aliphatic rings. The Morgan fingerprint density at radius 3 is 2.38 bits per heavy atom. The van der Waals surface area contributed by atoms with E-state index in [0.29, 0.717) is 16.6 Å². The molecule has 4 aromatic rings. The van der Waals surface area contributed by atoms with Gasteiger partial charge in [0.1, 0.15) is 11.2 Å². The van der Waals surface area contributed by atoms with Crippen LogP contribution in [-0.4, -0.2) is 14.8 Å². The fraction of sp³-hybridized carbons (Fsp3) is 0.0500. The number of nitrogens with zero attached hydrogens (tertiary/aromatic N) is 3. The zero-order chi connectivity index (χ0) is 16.5. The van der Waals surface area contributed by atoms with Gasteiger partial charge in [-0.2, -0.15) is 9.78 Å². The lowest BCUT2D eigenvalue weighted by atomic mass is 10.1. The standard InChI is InChI=1S/C20H15N3O/c1-14-9-11-15(12-10-14)18-19-17(8-5-13-21-19)20(24)23(22-18)16-6-3-2-4-7-16/h2-13H,1H3. The second kappa shape index (κ2) is 5.74. The average molecular weight is 313 g/mol. The molecule has 0 aliphatic heterocycles. The minimum Gasteiger partial charge on any atom is -0.267 e. The Bertz CT molecular complexity index is 1070. The molecular formula is C20H15N3O. The van der Waals surface area contributed by atoms with E-state index in [-0.39, 0.29) is 5.56 Å². The minimum atomic E-state index is -0.167. The Labute approximate surface area is 139 Å². The summed E-state index contributed by atoms with van der Waals surface area (Å²) < 4.78 is 1.44. The van der Waals surface area contributed by atoms with E-state index in [9.17, 15) is 4.79 Å². The normalized spacial score (nSPS) is 10.9. The van der Waals surface area contributed by atoms with Crippen molar-refractivity contribution in [3.05, 3.63) is 88.8 Å². The third-order valence-corrected chi connectivity index (χ3v) is 3.98. The van der Waals surface area contributed by atoms with Gasteiger partial charge in [0.2, 0.25) is 0 Å². The topological polar surface area (TPSA) is 47.8 Å². The van der Waals surface area contributed by atoms with Crippen molar-refractivity contribution in [2.75, 3.05) is 0 Å². The van der Waals surface area contributed by atoms with Crippen molar-refractivity contribution in [3.63, 3.8) is 0 Å². The molecule has 0 N–H and O–H groups in total. The fourth-order valence-electron chi connectivity index (χ4n) is 2.72. The summed E-state index contributed by atoms with van der Waals surface area (Å²) in [6.07, 6.45) is 1.69. The highest BCUT2D eigenvalue weighted by atomic mass is 16.1. The van der Waals surface area contributed by atoms with Crippen molar-refractivity contribution in [2.45, 2.75) is 6.92 Å². The Morgan fingerprint density at radius 2 is 1.62 bits per heavy atom. The maximum absolute atomic E-state index is 12.8. The highest BCUT2D eigenvalue weighted by Crippen LogP contribution is 2.24. The second-order valence-corrected chi connectivity index (χ2v) is 5.67. The number of pyridine rings is 1. The van der Waals surface area contributed by atoms with Gasteiger partial charge in [0.25, 0.3) is 5.56 Å². The molecule has 0 saturated carbocycles. The van der Waals surface area contributed by atoms with Crippen LogP contribution in [0.15, 0.2) is 77.7 Å². The Morgan fingerprint density at radius 1 is 0.875 bits per heavy atom. The van der Waals surface area contributed by atoms with Crippen LogP contribution in [0.4, 0.5) is 0 Å². The lowest BCUT2D eigenvalue weighted by molar-refractivity contribution is 0.824. The maximum Gasteiger partial charge on any atom is 0.280 e. The summed E-state index contributed by atoms with van der Waals surface area (Å²) in [7, 11) is 0. The highest BCUT2D eigenvalue weighted by molar-refractivity contribution is 5.90. The number of hydrogen-bond donors (Lipinski definition) is 0. The summed E-state index contributed by atoms with van der Waals surface area (Å²) in [4.78, 5) is 17.2. The molecule has 4 nitrogen and oxygen atoms in total. The summed E-state index contributed by atoms with van der Waals surface area (Å²) in [5, 5.41) is 5.17. The van der Waals surface area contributed by atoms with Crippen molar-refractivity contribution in [2.24, 2.45) is 0 Å². The molecule has 0 radical (unpaired) electrons. The smallest absolute Gasteiger partial charge is 0.267 e. The fourth-order valence-corrected chi connectivity index (χ4v) is 2.72. The third kappa shape index (κ3) is 2.38. The number of aromatic nitrogens is 3. The van der Waals surface area contributed by atoms with Gasteiger partial charge in [-0.05, 0) is 31.2 Å². The van der Waals surface area contributed by atoms with Crippen molar-refractivity contribution < 1.29 is 0 Å². The van der Waals surface area contributed by atoms with Crippen LogP contribution in [0, 0.1) is 6.92 Å². The van der Waals surface area contributed by atoms with Gasteiger partial charge in [-0.3, -0.25) is 9.78 Å². The van der Waals surface area contributed by atoms with Gasteiger partial charge in [-0.1, -0.05) is 48.0 Å². The van der Waals surface area contributed by atoms with Gasteiger partial charge in [0.05, 0.1) is 11.1 Å². The van der Waals surface area contributed by atoms with Crippen LogP contribution in [-0.2, 0) is 0 Å². The van der Waals surface area contributed by atoms with Gasteiger partial charge < -0.3 is 0 Å². The van der Waals surface area contributed by atoms with Crippen LogP contribution in [0.2, 0.25) is 0 Å². The molecule has 4 rings (SSSR count). The van der Waals surface area contributed by atoms with E-state index in [1.807, 2.05) is 61.5 Å². The average Bonchev–Trinajstić information content (AvgIpc) is 2.64. The van der Waals surface area contributed by atoms with Gasteiger partial charge >= 0.3 is 0 Å². The lowest BCUT2D eigenvalue weighted by Crippen LogP contribution is -2.22. The summed E-state index contributed by atoms with van der Waals surface area (Å²) in [5.74, 6) is 0. The molecule has 2 aromatic carbocycles. The molecule has 0 spiro atoms. The quantitative estimate of drug-likeness (QED) is 0.566. The predicted octanol–water partition coefficient (Wildman–Crippen LogP) is 3.76. The summed E-state index contributed by atoms with van der Waals surface area (Å²) in [6, 6.07) is 21.1. The van der Waals surface area contributed by atoms with Gasteiger partial charge in [0.15, 0.2) is 0 Å². The first kappa shape index (κ1) is 14.3. The number of hydrogen-bond acceptors (Lipinski definition) is 3. The number of benzene rings is 2. The Kier molecular flexibility index (Phi) is 3.43. The van der Waals surface area contributed by atoms with Crippen molar-refractivity contribution in [1.29, 1.82) is 0 Å². The van der Waals surface area contributed by atoms with E-state index in [4.69, 9.17) is 0 Å². The van der Waals surface area contributed by atoms with Crippen LogP contribution in [0.1, 0.15) is 5.56 Å². The van der Waals surface area contributed by atoms with Crippen molar-refractivity contribution in [3.8, 4) is 16.9 Å². The van der Waals surface area contributed by atoms with Crippen LogP contribution >= 0.6 is 0 Å². The molecule has 0 saturated heterocycles. The number of fused-ring (bicyclic) bond motifs is 1. The first-order valence-corrected chi connectivity index (χ1v) is 7.74. The monoisotopic (exact) mass is 313 g/mol. The van der Waals surface area contributed by atoms with Gasteiger partial charge in [-0.25, -0.2) is 0 Å². The van der Waals surface area contributed by atoms with E-state index < -0.39 is 0 Å². The molecule has 0 bridgehead atoms. The largest absolute Gasteiger partial charge is 0.280 e. The second-order valence-electron chi connectivity index (χ2n) is 5.67. The van der Waals surface area contributed by atoms with Gasteiger partial charge in [0, 0.05) is 11.8 Å². The SMILES string of the molecule is Cc1ccc(-c2nn(-c3ccccc3)c(=O)c3cccnc23)cc1. The van der Waals surface area contributed by atoms with Crippen LogP contribution in [0.5, 0.6) is 0 Å². The highest BCUT2D eigenvalue weighted by Gasteiger charge is 2.14. The van der Waals surface area contributed by atoms with E-state index in [2.05, 4.69) is 10.1 Å². The number of para-hydroxylation sites is 1. The van der Waals surface area contributed by atoms with Crippen LogP contribution in [0.3, 0.4) is 0 Å². The van der Waals surface area contributed by atoms with Crippen molar-refractivity contribution >= 4 is 10.9 Å². The zero-order valence-electron chi connectivity index (χ0n) is 13.2. The van der Waals surface area contributed by atoms with E-state index >= 15 is 0 Å². The molecule has 0 atom stereocenters. The first-order valence-electron chi connectivity index (χ1n) is 7.74. The Balaban J connectivity index is 2.08. The van der Waals surface area contributed by atoms with E-state index in [1.54, 1.807) is 18.3 Å². The number of aryl methyl sites for hydroxylation is 1. The van der Waals surface area contributed by atoms with Gasteiger partial charge in [-0.15, -0.1) is 0 Å². The molecular weight excluding hydrogens is 298 g/mol. The maximum atomic E-state index is 12.8. The minimum absolute atomic E-state index is 0.167. The Hall–Kier alpha value is -3.27. The van der Waals surface area contributed by atoms with Crippen molar-refractivity contribution in [1.82, 2.24) is 14.8 Å². The molecule has 2 heterocycles. The molecule has 2 aromatic heterocycles. The first-order chi connectivity index (χ1) is 11.7. The van der Waals surface area contributed by atoms with Crippen LogP contribution < -0.4 is 5.56 Å². The molecule has 0 amide bonds. The predicted molar refractivity (Wildman–Crippen MR) is 95.3 cm³/mol. The molecule has 4 heteroatoms.